The Morgan fingerprint density at radius 3 is 2.77 bits per heavy atom. The van der Waals surface area contributed by atoms with Crippen molar-refractivity contribution in [2.75, 3.05) is 20.8 Å². The van der Waals surface area contributed by atoms with Crippen molar-refractivity contribution < 1.29 is 23.8 Å². The van der Waals surface area contributed by atoms with Crippen molar-refractivity contribution in [3.63, 3.8) is 0 Å². The van der Waals surface area contributed by atoms with Gasteiger partial charge in [-0.15, -0.1) is 0 Å². The number of methoxy groups -OCH3 is 2. The molecule has 0 aliphatic carbocycles. The third-order valence-electron chi connectivity index (χ3n) is 4.39. The van der Waals surface area contributed by atoms with Crippen molar-refractivity contribution in [3.8, 4) is 11.5 Å². The molecule has 3 rings (SSSR count). The molecule has 0 aromatic heterocycles. The van der Waals surface area contributed by atoms with E-state index in [0.29, 0.717) is 30.9 Å². The van der Waals surface area contributed by atoms with E-state index < -0.39 is 5.97 Å². The van der Waals surface area contributed by atoms with Gasteiger partial charge < -0.3 is 19.5 Å². The van der Waals surface area contributed by atoms with E-state index >= 15 is 0 Å². The highest BCUT2D eigenvalue weighted by molar-refractivity contribution is 5.92. The fourth-order valence-corrected chi connectivity index (χ4v) is 2.96. The lowest BCUT2D eigenvalue weighted by Crippen LogP contribution is -2.37. The predicted molar refractivity (Wildman–Crippen MR) is 95.3 cm³/mol. The first-order valence-electron chi connectivity index (χ1n) is 8.36. The summed E-state index contributed by atoms with van der Waals surface area (Å²) >= 11 is 0. The van der Waals surface area contributed by atoms with Crippen LogP contribution in [0.2, 0.25) is 0 Å². The molecule has 1 atom stereocenters. The van der Waals surface area contributed by atoms with Gasteiger partial charge in [0.15, 0.2) is 0 Å². The standard InChI is InChI=1S/C20H21NO5/c1-24-18-8-7-13(9-16(18)20(23)25-2)11-21-19(22)15-10-14-5-3-4-6-17(14)26-12-15/h3-9,15H,10-12H2,1-2H3,(H,21,22)/t15-/m1/s1. The number of rotatable bonds is 5. The van der Waals surface area contributed by atoms with Gasteiger partial charge in [0, 0.05) is 6.54 Å². The van der Waals surface area contributed by atoms with Crippen molar-refractivity contribution >= 4 is 11.9 Å². The predicted octanol–water partition coefficient (Wildman–Crippen LogP) is 2.35. The summed E-state index contributed by atoms with van der Waals surface area (Å²) < 4.78 is 15.6. The molecule has 0 spiro atoms. The Bertz CT molecular complexity index is 818. The molecule has 0 saturated heterocycles. The molecule has 0 saturated carbocycles. The first-order valence-corrected chi connectivity index (χ1v) is 8.36. The molecule has 0 fully saturated rings. The van der Waals surface area contributed by atoms with Crippen LogP contribution < -0.4 is 14.8 Å². The zero-order valence-electron chi connectivity index (χ0n) is 14.8. The van der Waals surface area contributed by atoms with E-state index in [0.717, 1.165) is 16.9 Å². The van der Waals surface area contributed by atoms with Crippen LogP contribution >= 0.6 is 0 Å². The number of hydrogen-bond donors (Lipinski definition) is 1. The van der Waals surface area contributed by atoms with Crippen LogP contribution in [-0.4, -0.2) is 32.7 Å². The van der Waals surface area contributed by atoms with Crippen molar-refractivity contribution in [2.45, 2.75) is 13.0 Å². The SMILES string of the molecule is COC(=O)c1cc(CNC(=O)[C@H]2COc3ccccc3C2)ccc1OC. The first-order chi connectivity index (χ1) is 12.6. The highest BCUT2D eigenvalue weighted by Crippen LogP contribution is 2.27. The van der Waals surface area contributed by atoms with Gasteiger partial charge in [-0.3, -0.25) is 4.79 Å². The third-order valence-corrected chi connectivity index (χ3v) is 4.39. The number of hydrogen-bond acceptors (Lipinski definition) is 5. The molecule has 1 heterocycles. The zero-order chi connectivity index (χ0) is 18.5. The molecular formula is C20H21NO5. The van der Waals surface area contributed by atoms with Crippen molar-refractivity contribution in [1.29, 1.82) is 0 Å². The third kappa shape index (κ3) is 3.79. The molecule has 136 valence electrons. The number of amides is 1. The second-order valence-electron chi connectivity index (χ2n) is 6.06. The average molecular weight is 355 g/mol. The minimum atomic E-state index is -0.479. The molecule has 2 aromatic carbocycles. The van der Waals surface area contributed by atoms with Gasteiger partial charge >= 0.3 is 5.97 Å². The van der Waals surface area contributed by atoms with E-state index in [1.165, 1.54) is 14.2 Å². The Kier molecular flexibility index (Phi) is 5.41. The van der Waals surface area contributed by atoms with Crippen LogP contribution in [0.4, 0.5) is 0 Å². The Morgan fingerprint density at radius 1 is 1.19 bits per heavy atom. The zero-order valence-corrected chi connectivity index (χ0v) is 14.8. The van der Waals surface area contributed by atoms with E-state index in [1.807, 2.05) is 24.3 Å². The van der Waals surface area contributed by atoms with E-state index in [4.69, 9.17) is 14.2 Å². The number of para-hydroxylation sites is 1. The largest absolute Gasteiger partial charge is 0.496 e. The molecular weight excluding hydrogens is 334 g/mol. The highest BCUT2D eigenvalue weighted by atomic mass is 16.5. The van der Waals surface area contributed by atoms with Gasteiger partial charge in [-0.1, -0.05) is 24.3 Å². The molecule has 1 aliphatic rings. The molecule has 0 bridgehead atoms. The van der Waals surface area contributed by atoms with Gasteiger partial charge in [-0.05, 0) is 35.7 Å². The molecule has 1 amide bonds. The van der Waals surface area contributed by atoms with E-state index in [1.54, 1.807) is 18.2 Å². The molecule has 1 N–H and O–H groups in total. The lowest BCUT2D eigenvalue weighted by molar-refractivity contribution is -0.126. The summed E-state index contributed by atoms with van der Waals surface area (Å²) in [6, 6.07) is 12.9. The minimum absolute atomic E-state index is 0.0741. The van der Waals surface area contributed by atoms with Crippen LogP contribution in [0.25, 0.3) is 0 Å². The van der Waals surface area contributed by atoms with Crippen molar-refractivity contribution in [1.82, 2.24) is 5.32 Å². The van der Waals surface area contributed by atoms with Crippen LogP contribution in [0.1, 0.15) is 21.5 Å². The second kappa shape index (κ2) is 7.91. The minimum Gasteiger partial charge on any atom is -0.496 e. The topological polar surface area (TPSA) is 73.9 Å². The summed E-state index contributed by atoms with van der Waals surface area (Å²) in [7, 11) is 2.81. The number of esters is 1. The van der Waals surface area contributed by atoms with Gasteiger partial charge in [-0.25, -0.2) is 4.79 Å². The fraction of sp³-hybridized carbons (Fsp3) is 0.300. The molecule has 26 heavy (non-hydrogen) atoms. The molecule has 0 radical (unpaired) electrons. The lowest BCUT2D eigenvalue weighted by atomic mass is 9.96. The summed E-state index contributed by atoms with van der Waals surface area (Å²) in [6.07, 6.45) is 0.651. The van der Waals surface area contributed by atoms with Crippen LogP contribution in [-0.2, 0) is 22.5 Å². The number of ether oxygens (including phenoxy) is 3. The Hall–Kier alpha value is -3.02. The van der Waals surface area contributed by atoms with E-state index in [-0.39, 0.29) is 11.8 Å². The van der Waals surface area contributed by atoms with Gasteiger partial charge in [-0.2, -0.15) is 0 Å². The molecule has 1 aliphatic heterocycles. The quantitative estimate of drug-likeness (QED) is 0.834. The van der Waals surface area contributed by atoms with Crippen molar-refractivity contribution in [3.05, 3.63) is 59.2 Å². The van der Waals surface area contributed by atoms with E-state index in [2.05, 4.69) is 5.32 Å². The lowest BCUT2D eigenvalue weighted by Gasteiger charge is -2.24. The summed E-state index contributed by atoms with van der Waals surface area (Å²) in [5, 5.41) is 2.91. The summed E-state index contributed by atoms with van der Waals surface area (Å²) in [6.45, 7) is 0.670. The normalized spacial score (nSPS) is 15.4. The molecule has 0 unspecified atom stereocenters. The number of carbonyl (C=O) groups is 2. The summed E-state index contributed by atoms with van der Waals surface area (Å²) in [4.78, 5) is 24.3. The number of fused-ring (bicyclic) bond motifs is 1. The van der Waals surface area contributed by atoms with E-state index in [9.17, 15) is 9.59 Å². The second-order valence-corrected chi connectivity index (χ2v) is 6.06. The number of carbonyl (C=O) groups excluding carboxylic acids is 2. The summed E-state index contributed by atoms with van der Waals surface area (Å²) in [5.74, 6) is 0.490. The Labute approximate surface area is 152 Å². The van der Waals surface area contributed by atoms with Gasteiger partial charge in [0.25, 0.3) is 0 Å². The summed E-state index contributed by atoms with van der Waals surface area (Å²) in [5.41, 5.74) is 2.16. The van der Waals surface area contributed by atoms with Gasteiger partial charge in [0.05, 0.1) is 20.1 Å². The Morgan fingerprint density at radius 2 is 2.00 bits per heavy atom. The maximum Gasteiger partial charge on any atom is 0.341 e. The van der Waals surface area contributed by atoms with Crippen LogP contribution in [0.3, 0.4) is 0 Å². The molecule has 6 heteroatoms. The Balaban J connectivity index is 1.64. The van der Waals surface area contributed by atoms with Gasteiger partial charge in [0.1, 0.15) is 23.7 Å². The average Bonchev–Trinajstić information content (AvgIpc) is 2.70. The van der Waals surface area contributed by atoms with Crippen molar-refractivity contribution in [2.24, 2.45) is 5.92 Å². The molecule has 2 aromatic rings. The first kappa shape index (κ1) is 17.8. The highest BCUT2D eigenvalue weighted by Gasteiger charge is 2.25. The van der Waals surface area contributed by atoms with Crippen LogP contribution in [0.15, 0.2) is 42.5 Å². The van der Waals surface area contributed by atoms with Crippen LogP contribution in [0.5, 0.6) is 11.5 Å². The van der Waals surface area contributed by atoms with Gasteiger partial charge in [0.2, 0.25) is 5.91 Å². The van der Waals surface area contributed by atoms with Crippen LogP contribution in [0, 0.1) is 5.92 Å². The maximum absolute atomic E-state index is 12.5. The monoisotopic (exact) mass is 355 g/mol. The maximum atomic E-state index is 12.5. The number of nitrogens with one attached hydrogen (secondary N) is 1. The molecule has 6 nitrogen and oxygen atoms in total. The smallest absolute Gasteiger partial charge is 0.341 e. The number of benzene rings is 2. The fourth-order valence-electron chi connectivity index (χ4n) is 2.96.